The van der Waals surface area contributed by atoms with Crippen molar-refractivity contribution >= 4 is 0 Å². The fraction of sp³-hybridized carbons (Fsp3) is 0.333. The molecule has 0 bridgehead atoms. The van der Waals surface area contributed by atoms with Crippen LogP contribution in [-0.2, 0) is 26.6 Å². The summed E-state index contributed by atoms with van der Waals surface area (Å²) in [6.45, 7) is 0. The summed E-state index contributed by atoms with van der Waals surface area (Å²) in [4.78, 5) is 0. The Kier molecular flexibility index (Phi) is 3.54. The summed E-state index contributed by atoms with van der Waals surface area (Å²) in [6, 6.07) is 0. The Morgan fingerprint density at radius 2 is 1.40 bits per heavy atom. The van der Waals surface area contributed by atoms with Gasteiger partial charge in [-0.05, 0) is 0 Å². The SMILES string of the molecule is C[O][Hf]([O]C)([C]1=CC=CC1)[C]1=CC=CC1. The zero-order chi connectivity index (χ0) is 10.7. The van der Waals surface area contributed by atoms with Gasteiger partial charge in [-0.15, -0.1) is 0 Å². The first-order valence-electron chi connectivity index (χ1n) is 5.16. The van der Waals surface area contributed by atoms with Gasteiger partial charge in [0.2, 0.25) is 0 Å². The van der Waals surface area contributed by atoms with Crippen molar-refractivity contribution in [2.75, 3.05) is 14.2 Å². The third kappa shape index (κ3) is 1.88. The molecule has 15 heavy (non-hydrogen) atoms. The zero-order valence-corrected chi connectivity index (χ0v) is 12.8. The van der Waals surface area contributed by atoms with E-state index >= 15 is 0 Å². The third-order valence-electron chi connectivity index (χ3n) is 2.96. The van der Waals surface area contributed by atoms with Crippen molar-refractivity contribution in [3.8, 4) is 0 Å². The molecule has 0 atom stereocenters. The van der Waals surface area contributed by atoms with Crippen LogP contribution in [0, 0.1) is 0 Å². The van der Waals surface area contributed by atoms with E-state index in [1.54, 1.807) is 14.2 Å². The van der Waals surface area contributed by atoms with Crippen LogP contribution in [0.5, 0.6) is 0 Å². The summed E-state index contributed by atoms with van der Waals surface area (Å²) in [5.41, 5.74) is 0. The summed E-state index contributed by atoms with van der Waals surface area (Å²) in [5.74, 6) is 0. The summed E-state index contributed by atoms with van der Waals surface area (Å²) >= 11 is -3.25. The molecule has 0 saturated heterocycles. The standard InChI is InChI=1S/2C5H5.2CH3O.Hf/c2*1-2-4-5-3-1;2*1-2;/h2*1-3H,4H2;2*1H3;/q;;2*-1;+2. The van der Waals surface area contributed by atoms with Crippen molar-refractivity contribution in [3.63, 3.8) is 0 Å². The Labute approximate surface area is 96.5 Å². The van der Waals surface area contributed by atoms with E-state index in [0.29, 0.717) is 0 Å². The Morgan fingerprint density at radius 3 is 1.67 bits per heavy atom. The van der Waals surface area contributed by atoms with Gasteiger partial charge in [-0.1, -0.05) is 0 Å². The van der Waals surface area contributed by atoms with Crippen LogP contribution in [-0.4, -0.2) is 14.2 Å². The molecule has 0 radical (unpaired) electrons. The summed E-state index contributed by atoms with van der Waals surface area (Å²) < 4.78 is 14.5. The molecule has 0 unspecified atom stereocenters. The summed E-state index contributed by atoms with van der Waals surface area (Å²) in [7, 11) is 3.59. The van der Waals surface area contributed by atoms with Crippen LogP contribution in [0.1, 0.15) is 12.8 Å². The van der Waals surface area contributed by atoms with E-state index in [1.807, 2.05) is 0 Å². The van der Waals surface area contributed by atoms with E-state index in [-0.39, 0.29) is 0 Å². The molecule has 0 aromatic carbocycles. The first-order chi connectivity index (χ1) is 7.33. The number of allylic oxidation sites excluding steroid dienone is 8. The minimum atomic E-state index is -3.25. The Balaban J connectivity index is 2.31. The Morgan fingerprint density at radius 1 is 0.933 bits per heavy atom. The average Bonchev–Trinajstić information content (AvgIpc) is 2.92. The van der Waals surface area contributed by atoms with Crippen molar-refractivity contribution in [2.24, 2.45) is 0 Å². The van der Waals surface area contributed by atoms with Crippen LogP contribution in [0.3, 0.4) is 0 Å². The van der Waals surface area contributed by atoms with Gasteiger partial charge >= 0.3 is 96.7 Å². The number of hydrogen-bond donors (Lipinski definition) is 0. The molecule has 0 spiro atoms. The van der Waals surface area contributed by atoms with Crippen molar-refractivity contribution in [2.45, 2.75) is 12.8 Å². The molecule has 0 amide bonds. The van der Waals surface area contributed by atoms with E-state index in [4.69, 9.17) is 5.71 Å². The van der Waals surface area contributed by atoms with Gasteiger partial charge in [0, 0.05) is 0 Å². The van der Waals surface area contributed by atoms with Gasteiger partial charge in [-0.25, -0.2) is 0 Å². The first-order valence-corrected chi connectivity index (χ1v) is 11.7. The Bertz CT molecular complexity index is 328. The monoisotopic (exact) mass is 372 g/mol. The maximum atomic E-state index is 5.84. The van der Waals surface area contributed by atoms with Crippen LogP contribution in [0.25, 0.3) is 0 Å². The van der Waals surface area contributed by atoms with Gasteiger partial charge < -0.3 is 0 Å². The van der Waals surface area contributed by atoms with Crippen molar-refractivity contribution in [1.82, 2.24) is 0 Å². The number of hydrogen-bond acceptors (Lipinski definition) is 2. The molecule has 0 aliphatic heterocycles. The second-order valence-corrected chi connectivity index (χ2v) is 15.7. The number of rotatable bonds is 4. The maximum absolute atomic E-state index is 5.84. The van der Waals surface area contributed by atoms with E-state index in [2.05, 4.69) is 36.5 Å². The first kappa shape index (κ1) is 11.2. The van der Waals surface area contributed by atoms with Gasteiger partial charge in [0.25, 0.3) is 0 Å². The molecule has 0 aromatic heterocycles. The topological polar surface area (TPSA) is 18.5 Å². The molecule has 0 fully saturated rings. The summed E-state index contributed by atoms with van der Waals surface area (Å²) in [6.07, 6.45) is 14.9. The van der Waals surface area contributed by atoms with E-state index in [0.717, 1.165) is 12.8 Å². The molecule has 0 saturated carbocycles. The second kappa shape index (κ2) is 4.73. The summed E-state index contributed by atoms with van der Waals surface area (Å²) in [5, 5.41) is 0. The van der Waals surface area contributed by atoms with Gasteiger partial charge in [-0.2, -0.15) is 0 Å². The molecule has 3 heteroatoms. The van der Waals surface area contributed by atoms with Crippen LogP contribution in [0.15, 0.2) is 43.1 Å². The molecule has 2 aliphatic carbocycles. The van der Waals surface area contributed by atoms with Crippen molar-refractivity contribution in [3.05, 3.63) is 43.1 Å². The van der Waals surface area contributed by atoms with Crippen molar-refractivity contribution < 1.29 is 26.6 Å². The molecule has 2 nitrogen and oxygen atoms in total. The van der Waals surface area contributed by atoms with Crippen LogP contribution >= 0.6 is 0 Å². The van der Waals surface area contributed by atoms with Gasteiger partial charge in [0.05, 0.1) is 0 Å². The fourth-order valence-corrected chi connectivity index (χ4v) is 13.1. The predicted molar refractivity (Wildman–Crippen MR) is 57.7 cm³/mol. The van der Waals surface area contributed by atoms with E-state index < -0.39 is 20.8 Å². The zero-order valence-electron chi connectivity index (χ0n) is 9.19. The molecular formula is C12H16HfO2. The van der Waals surface area contributed by atoms with Gasteiger partial charge in [0.1, 0.15) is 0 Å². The average molecular weight is 371 g/mol. The third-order valence-corrected chi connectivity index (χ3v) is 15.8. The fourth-order valence-electron chi connectivity index (χ4n) is 2.20. The quantitative estimate of drug-likeness (QED) is 0.708. The molecule has 2 rings (SSSR count). The van der Waals surface area contributed by atoms with E-state index in [1.165, 1.54) is 6.66 Å². The Hall–Kier alpha value is -0.250. The van der Waals surface area contributed by atoms with Crippen LogP contribution in [0.4, 0.5) is 0 Å². The van der Waals surface area contributed by atoms with Gasteiger partial charge in [0.15, 0.2) is 0 Å². The molecule has 80 valence electrons. The minimum absolute atomic E-state index is 1.00. The van der Waals surface area contributed by atoms with Crippen LogP contribution in [0.2, 0.25) is 0 Å². The molecule has 0 N–H and O–H groups in total. The molecular weight excluding hydrogens is 355 g/mol. The predicted octanol–water partition coefficient (Wildman–Crippen LogP) is 2.95. The molecule has 2 aliphatic rings. The van der Waals surface area contributed by atoms with Crippen molar-refractivity contribution in [1.29, 1.82) is 0 Å². The molecule has 0 aromatic rings. The van der Waals surface area contributed by atoms with E-state index in [9.17, 15) is 0 Å². The normalized spacial score (nSPS) is 19.6. The second-order valence-electron chi connectivity index (χ2n) is 3.67. The molecule has 0 heterocycles. The van der Waals surface area contributed by atoms with Gasteiger partial charge in [-0.3, -0.25) is 0 Å². The van der Waals surface area contributed by atoms with Crippen LogP contribution < -0.4 is 0 Å².